The molecule has 1 aromatic heterocycles. The quantitative estimate of drug-likeness (QED) is 0.890. The first-order chi connectivity index (χ1) is 10.4. The highest BCUT2D eigenvalue weighted by molar-refractivity contribution is 7.88. The highest BCUT2D eigenvalue weighted by Crippen LogP contribution is 2.47. The minimum absolute atomic E-state index is 0.114. The summed E-state index contributed by atoms with van der Waals surface area (Å²) in [5.41, 5.74) is 1.92. The molecule has 0 radical (unpaired) electrons. The number of hydrogen-bond acceptors (Lipinski definition) is 4. The van der Waals surface area contributed by atoms with Crippen LogP contribution in [-0.4, -0.2) is 52.3 Å². The number of sulfonamides is 1. The van der Waals surface area contributed by atoms with Gasteiger partial charge in [0, 0.05) is 18.7 Å². The van der Waals surface area contributed by atoms with Crippen molar-refractivity contribution in [3.8, 4) is 11.3 Å². The summed E-state index contributed by atoms with van der Waals surface area (Å²) in [5.74, 6) is 0. The number of nitrogens with zero attached hydrogens (tertiary/aromatic N) is 3. The van der Waals surface area contributed by atoms with Crippen LogP contribution in [-0.2, 0) is 10.0 Å². The monoisotopic (exact) mass is 319 g/mol. The molecule has 1 saturated heterocycles. The predicted octanol–water partition coefficient (Wildman–Crippen LogP) is 0.849. The number of hydrogen-bond donors (Lipinski definition) is 1. The highest BCUT2D eigenvalue weighted by Gasteiger charge is 2.49. The first kappa shape index (κ1) is 13.9. The molecule has 1 fully saturated rings. The van der Waals surface area contributed by atoms with Gasteiger partial charge in [0.1, 0.15) is 5.60 Å². The number of rotatable bonds is 2. The Bertz CT molecular complexity index is 845. The molecule has 116 valence electrons. The maximum Gasteiger partial charge on any atom is 0.211 e. The van der Waals surface area contributed by atoms with E-state index in [9.17, 15) is 13.5 Å². The lowest BCUT2D eigenvalue weighted by Gasteiger charge is -2.31. The third-order valence-corrected chi connectivity index (χ3v) is 5.95. The molecule has 1 N–H and O–H groups in total. The fourth-order valence-electron chi connectivity index (χ4n) is 3.67. The van der Waals surface area contributed by atoms with Gasteiger partial charge < -0.3 is 9.67 Å². The van der Waals surface area contributed by atoms with E-state index in [-0.39, 0.29) is 12.6 Å². The van der Waals surface area contributed by atoms with Crippen LogP contribution in [0.4, 0.5) is 0 Å². The molecule has 1 aromatic carbocycles. The summed E-state index contributed by atoms with van der Waals surface area (Å²) >= 11 is 0. The van der Waals surface area contributed by atoms with Crippen LogP contribution in [0.25, 0.3) is 11.3 Å². The van der Waals surface area contributed by atoms with Crippen LogP contribution in [0.5, 0.6) is 0 Å². The van der Waals surface area contributed by atoms with Crippen molar-refractivity contribution in [2.45, 2.75) is 18.1 Å². The van der Waals surface area contributed by atoms with Crippen molar-refractivity contribution in [1.82, 2.24) is 13.9 Å². The summed E-state index contributed by atoms with van der Waals surface area (Å²) in [4.78, 5) is 4.18. The van der Waals surface area contributed by atoms with Crippen molar-refractivity contribution < 1.29 is 13.5 Å². The van der Waals surface area contributed by atoms with Gasteiger partial charge in [0.05, 0.1) is 30.5 Å². The first-order valence-electron chi connectivity index (χ1n) is 7.19. The number of aliphatic hydroxyl groups is 1. The van der Waals surface area contributed by atoms with E-state index in [1.807, 2.05) is 28.8 Å². The topological polar surface area (TPSA) is 75.4 Å². The molecule has 1 unspecified atom stereocenters. The Balaban J connectivity index is 1.81. The van der Waals surface area contributed by atoms with Crippen LogP contribution in [0.1, 0.15) is 18.0 Å². The second kappa shape index (κ2) is 4.41. The van der Waals surface area contributed by atoms with E-state index in [2.05, 4.69) is 4.98 Å². The van der Waals surface area contributed by atoms with E-state index in [4.69, 9.17) is 0 Å². The van der Waals surface area contributed by atoms with E-state index in [0.717, 1.165) is 16.8 Å². The molecule has 4 rings (SSSR count). The van der Waals surface area contributed by atoms with Crippen LogP contribution >= 0.6 is 0 Å². The lowest BCUT2D eigenvalue weighted by Crippen LogP contribution is -2.42. The number of benzene rings is 1. The Hall–Kier alpha value is -1.70. The Kier molecular flexibility index (Phi) is 2.79. The highest BCUT2D eigenvalue weighted by atomic mass is 32.2. The molecule has 2 atom stereocenters. The van der Waals surface area contributed by atoms with Crippen molar-refractivity contribution in [2.24, 2.45) is 0 Å². The zero-order chi connectivity index (χ0) is 15.5. The summed E-state index contributed by atoms with van der Waals surface area (Å²) in [6, 6.07) is 7.61. The maximum absolute atomic E-state index is 11.8. The van der Waals surface area contributed by atoms with Gasteiger partial charge in [0.2, 0.25) is 10.0 Å². The second-order valence-electron chi connectivity index (χ2n) is 6.13. The molecule has 0 saturated carbocycles. The van der Waals surface area contributed by atoms with Gasteiger partial charge in [0.15, 0.2) is 0 Å². The van der Waals surface area contributed by atoms with Crippen LogP contribution in [0, 0.1) is 0 Å². The number of β-amino-alcohol motifs (C(OH)–C–C–N with tert-alkyl or cyclic N) is 1. The van der Waals surface area contributed by atoms with Crippen molar-refractivity contribution >= 4 is 10.0 Å². The second-order valence-corrected chi connectivity index (χ2v) is 8.11. The maximum atomic E-state index is 11.8. The molecule has 7 heteroatoms. The van der Waals surface area contributed by atoms with Crippen molar-refractivity contribution in [2.75, 3.05) is 19.3 Å². The average Bonchev–Trinajstić information content (AvgIpc) is 3.11. The van der Waals surface area contributed by atoms with E-state index in [0.29, 0.717) is 13.0 Å². The molecular weight excluding hydrogens is 302 g/mol. The normalized spacial score (nSPS) is 27.8. The molecule has 2 aliphatic rings. The number of fused-ring (bicyclic) bond motifs is 3. The van der Waals surface area contributed by atoms with Gasteiger partial charge >= 0.3 is 0 Å². The molecule has 2 aliphatic heterocycles. The van der Waals surface area contributed by atoms with Gasteiger partial charge in [0.25, 0.3) is 0 Å². The Morgan fingerprint density at radius 1 is 1.36 bits per heavy atom. The van der Waals surface area contributed by atoms with Crippen LogP contribution < -0.4 is 0 Å². The SMILES string of the molecule is CS(=O)(=O)N1CC[C@](O)(C2c3ccccc3-c3cncn32)C1. The number of aromatic nitrogens is 2. The molecule has 0 bridgehead atoms. The molecule has 2 aromatic rings. The Morgan fingerprint density at radius 3 is 2.86 bits per heavy atom. The van der Waals surface area contributed by atoms with Crippen LogP contribution in [0.2, 0.25) is 0 Å². The van der Waals surface area contributed by atoms with Gasteiger partial charge in [-0.2, -0.15) is 4.31 Å². The van der Waals surface area contributed by atoms with Gasteiger partial charge in [-0.25, -0.2) is 13.4 Å². The van der Waals surface area contributed by atoms with Gasteiger partial charge in [-0.3, -0.25) is 0 Å². The molecule has 22 heavy (non-hydrogen) atoms. The third-order valence-electron chi connectivity index (χ3n) is 4.70. The Labute approximate surface area is 129 Å². The van der Waals surface area contributed by atoms with Crippen molar-refractivity contribution in [3.63, 3.8) is 0 Å². The molecular formula is C15H17N3O3S. The molecule has 6 nitrogen and oxygen atoms in total. The third kappa shape index (κ3) is 1.86. The molecule has 0 aliphatic carbocycles. The van der Waals surface area contributed by atoms with Crippen LogP contribution in [0.15, 0.2) is 36.8 Å². The minimum Gasteiger partial charge on any atom is -0.386 e. The molecule has 3 heterocycles. The summed E-state index contributed by atoms with van der Waals surface area (Å²) in [7, 11) is -3.30. The average molecular weight is 319 g/mol. The Morgan fingerprint density at radius 2 is 2.14 bits per heavy atom. The summed E-state index contributed by atoms with van der Waals surface area (Å²) in [5, 5.41) is 11.2. The van der Waals surface area contributed by atoms with Gasteiger partial charge in [-0.15, -0.1) is 0 Å². The lowest BCUT2D eigenvalue weighted by molar-refractivity contribution is 0.0193. The molecule has 0 amide bonds. The van der Waals surface area contributed by atoms with Crippen molar-refractivity contribution in [3.05, 3.63) is 42.4 Å². The zero-order valence-corrected chi connectivity index (χ0v) is 13.0. The van der Waals surface area contributed by atoms with Crippen molar-refractivity contribution in [1.29, 1.82) is 0 Å². The standard InChI is InChI=1S/C15H17N3O3S/c1-22(20,21)17-7-6-15(19,9-17)14-12-5-3-2-4-11(12)13-8-16-10-18(13)14/h2-5,8,10,14,19H,6-7,9H2,1H3/t14?,15-/m1/s1. The predicted molar refractivity (Wildman–Crippen MR) is 81.8 cm³/mol. The summed E-state index contributed by atoms with van der Waals surface area (Å²) in [6.45, 7) is 0.459. The number of imidazole rings is 1. The van der Waals surface area contributed by atoms with E-state index < -0.39 is 15.6 Å². The van der Waals surface area contributed by atoms with Gasteiger partial charge in [-0.1, -0.05) is 24.3 Å². The summed E-state index contributed by atoms with van der Waals surface area (Å²) < 4.78 is 26.9. The summed E-state index contributed by atoms with van der Waals surface area (Å²) in [6.07, 6.45) is 5.09. The van der Waals surface area contributed by atoms with E-state index >= 15 is 0 Å². The minimum atomic E-state index is -3.30. The molecule has 0 spiro atoms. The van der Waals surface area contributed by atoms with Gasteiger partial charge in [-0.05, 0) is 12.0 Å². The van der Waals surface area contributed by atoms with Crippen LogP contribution in [0.3, 0.4) is 0 Å². The largest absolute Gasteiger partial charge is 0.386 e. The smallest absolute Gasteiger partial charge is 0.211 e. The van der Waals surface area contributed by atoms with E-state index in [1.165, 1.54) is 10.6 Å². The van der Waals surface area contributed by atoms with E-state index in [1.54, 1.807) is 12.5 Å². The zero-order valence-electron chi connectivity index (χ0n) is 12.2. The fourth-order valence-corrected chi connectivity index (χ4v) is 4.55. The first-order valence-corrected chi connectivity index (χ1v) is 9.04. The lowest BCUT2D eigenvalue weighted by atomic mass is 9.87. The fraction of sp³-hybridized carbons (Fsp3) is 0.400.